The quantitative estimate of drug-likeness (QED) is 0.722. The number of alkyl halides is 3. The molecule has 0 bridgehead atoms. The normalized spacial score (nSPS) is 12.8. The summed E-state index contributed by atoms with van der Waals surface area (Å²) in [6.07, 6.45) is -4.04. The van der Waals surface area contributed by atoms with Gasteiger partial charge in [-0.15, -0.1) is 0 Å². The van der Waals surface area contributed by atoms with Gasteiger partial charge in [-0.25, -0.2) is 0 Å². The average Bonchev–Trinajstić information content (AvgIpc) is 2.08. The van der Waals surface area contributed by atoms with Crippen molar-refractivity contribution >= 4 is 0 Å². The Kier molecular flexibility index (Phi) is 6.92. The molecule has 0 aliphatic heterocycles. The first-order chi connectivity index (χ1) is 6.87. The van der Waals surface area contributed by atoms with Crippen molar-refractivity contribution in [3.8, 4) is 0 Å². The lowest BCUT2D eigenvalue weighted by Crippen LogP contribution is -2.33. The second-order valence-electron chi connectivity index (χ2n) is 3.93. The first-order valence-electron chi connectivity index (χ1n) is 5.28. The summed E-state index contributed by atoms with van der Waals surface area (Å²) in [6.45, 7) is 5.08. The molecule has 0 aromatic carbocycles. The monoisotopic (exact) mass is 227 g/mol. The van der Waals surface area contributed by atoms with Gasteiger partial charge in [0.25, 0.3) is 0 Å². The number of hydrogen-bond acceptors (Lipinski definition) is 2. The zero-order chi connectivity index (χ0) is 11.9. The number of aliphatic hydroxyl groups excluding tert-OH is 1. The van der Waals surface area contributed by atoms with E-state index in [1.165, 1.54) is 0 Å². The zero-order valence-corrected chi connectivity index (χ0v) is 9.35. The zero-order valence-electron chi connectivity index (χ0n) is 9.35. The van der Waals surface area contributed by atoms with Gasteiger partial charge in [-0.2, -0.15) is 13.2 Å². The Balaban J connectivity index is 3.76. The molecule has 1 N–H and O–H groups in total. The highest BCUT2D eigenvalue weighted by Crippen LogP contribution is 2.21. The van der Waals surface area contributed by atoms with E-state index in [0.29, 0.717) is 19.5 Å². The fourth-order valence-corrected chi connectivity index (χ4v) is 1.38. The Morgan fingerprint density at radius 3 is 2.07 bits per heavy atom. The highest BCUT2D eigenvalue weighted by atomic mass is 19.4. The van der Waals surface area contributed by atoms with Crippen LogP contribution in [0.1, 0.15) is 33.1 Å². The first kappa shape index (κ1) is 14.7. The molecule has 0 radical (unpaired) electrons. The van der Waals surface area contributed by atoms with Crippen LogP contribution in [0.5, 0.6) is 0 Å². The largest absolute Gasteiger partial charge is 0.396 e. The van der Waals surface area contributed by atoms with Crippen LogP contribution in [0.15, 0.2) is 0 Å². The van der Waals surface area contributed by atoms with E-state index in [1.807, 2.05) is 18.7 Å². The molecule has 92 valence electrons. The second-order valence-corrected chi connectivity index (χ2v) is 3.93. The molecule has 0 aliphatic rings. The Morgan fingerprint density at radius 2 is 1.67 bits per heavy atom. The van der Waals surface area contributed by atoms with E-state index in [1.54, 1.807) is 0 Å². The van der Waals surface area contributed by atoms with Crippen molar-refractivity contribution in [3.05, 3.63) is 0 Å². The van der Waals surface area contributed by atoms with E-state index in [9.17, 15) is 13.2 Å². The van der Waals surface area contributed by atoms with E-state index < -0.39 is 12.6 Å². The van der Waals surface area contributed by atoms with Crippen LogP contribution in [0.3, 0.4) is 0 Å². The number of rotatable bonds is 7. The number of hydrogen-bond donors (Lipinski definition) is 1. The van der Waals surface area contributed by atoms with Crippen molar-refractivity contribution in [1.29, 1.82) is 0 Å². The molecule has 0 aliphatic carbocycles. The fourth-order valence-electron chi connectivity index (χ4n) is 1.38. The maximum atomic E-state index is 11.9. The molecule has 0 fully saturated rings. The molecule has 0 rings (SSSR count). The summed E-state index contributed by atoms with van der Waals surface area (Å²) in [5, 5.41) is 8.64. The van der Waals surface area contributed by atoms with Gasteiger partial charge in [0.1, 0.15) is 0 Å². The lowest BCUT2D eigenvalue weighted by Gasteiger charge is -2.26. The summed E-state index contributed by atoms with van der Waals surface area (Å²) in [5.41, 5.74) is 0. The molecule has 0 atom stereocenters. The summed E-state index contributed by atoms with van der Waals surface area (Å²) in [4.78, 5) is 1.96. The van der Waals surface area contributed by atoms with Gasteiger partial charge in [-0.1, -0.05) is 0 Å². The molecular weight excluding hydrogens is 207 g/mol. The Bertz CT molecular complexity index is 159. The van der Waals surface area contributed by atoms with E-state index >= 15 is 0 Å². The lowest BCUT2D eigenvalue weighted by molar-refractivity contribution is -0.136. The maximum Gasteiger partial charge on any atom is 0.389 e. The molecule has 0 aromatic rings. The molecule has 0 unspecified atom stereocenters. The van der Waals surface area contributed by atoms with Crippen LogP contribution >= 0.6 is 0 Å². The minimum atomic E-state index is -4.06. The summed E-state index contributed by atoms with van der Waals surface area (Å²) < 4.78 is 35.7. The van der Waals surface area contributed by atoms with Gasteiger partial charge >= 0.3 is 6.18 Å². The molecule has 0 saturated heterocycles. The van der Waals surface area contributed by atoms with Gasteiger partial charge in [-0.3, -0.25) is 0 Å². The van der Waals surface area contributed by atoms with Crippen LogP contribution in [-0.4, -0.2) is 41.9 Å². The van der Waals surface area contributed by atoms with Crippen molar-refractivity contribution in [2.45, 2.75) is 45.3 Å². The lowest BCUT2D eigenvalue weighted by atomic mass is 10.2. The highest BCUT2D eigenvalue weighted by molar-refractivity contribution is 4.64. The van der Waals surface area contributed by atoms with Gasteiger partial charge in [-0.05, 0) is 33.2 Å². The molecule has 5 heteroatoms. The maximum absolute atomic E-state index is 11.9. The predicted octanol–water partition coefficient (Wildman–Crippen LogP) is 2.42. The fraction of sp³-hybridized carbons (Fsp3) is 1.00. The minimum absolute atomic E-state index is 0.0858. The van der Waals surface area contributed by atoms with Crippen molar-refractivity contribution in [2.24, 2.45) is 0 Å². The average molecular weight is 227 g/mol. The molecule has 0 aromatic heterocycles. The van der Waals surface area contributed by atoms with E-state index in [4.69, 9.17) is 5.11 Å². The first-order valence-corrected chi connectivity index (χ1v) is 5.28. The highest BCUT2D eigenvalue weighted by Gasteiger charge is 2.26. The Morgan fingerprint density at radius 1 is 1.13 bits per heavy atom. The molecular formula is C10H20F3NO. The van der Waals surface area contributed by atoms with Gasteiger partial charge < -0.3 is 10.0 Å². The number of halogens is 3. The smallest absolute Gasteiger partial charge is 0.389 e. The molecule has 15 heavy (non-hydrogen) atoms. The third-order valence-electron chi connectivity index (χ3n) is 2.24. The van der Waals surface area contributed by atoms with Crippen LogP contribution in [0, 0.1) is 0 Å². The molecule has 0 amide bonds. The van der Waals surface area contributed by atoms with Gasteiger partial charge in [0.15, 0.2) is 0 Å². The van der Waals surface area contributed by atoms with E-state index in [2.05, 4.69) is 0 Å². The van der Waals surface area contributed by atoms with E-state index in [0.717, 1.165) is 0 Å². The van der Waals surface area contributed by atoms with Crippen LogP contribution in [0.4, 0.5) is 13.2 Å². The molecule has 0 saturated carbocycles. The van der Waals surface area contributed by atoms with Crippen molar-refractivity contribution in [3.63, 3.8) is 0 Å². The predicted molar refractivity (Wildman–Crippen MR) is 53.7 cm³/mol. The Hall–Kier alpha value is -0.290. The second kappa shape index (κ2) is 7.06. The summed E-state index contributed by atoms with van der Waals surface area (Å²) in [5.74, 6) is 0. The molecule has 2 nitrogen and oxygen atoms in total. The third-order valence-corrected chi connectivity index (χ3v) is 2.24. The summed E-state index contributed by atoms with van der Waals surface area (Å²) >= 11 is 0. The summed E-state index contributed by atoms with van der Waals surface area (Å²) in [7, 11) is 0. The van der Waals surface area contributed by atoms with Crippen LogP contribution < -0.4 is 0 Å². The summed E-state index contributed by atoms with van der Waals surface area (Å²) in [6, 6.07) is 0.227. The van der Waals surface area contributed by atoms with Gasteiger partial charge in [0.05, 0.1) is 0 Å². The van der Waals surface area contributed by atoms with Crippen LogP contribution in [-0.2, 0) is 0 Å². The minimum Gasteiger partial charge on any atom is -0.396 e. The van der Waals surface area contributed by atoms with E-state index in [-0.39, 0.29) is 19.1 Å². The number of nitrogens with zero attached hydrogens (tertiary/aromatic N) is 1. The van der Waals surface area contributed by atoms with Gasteiger partial charge in [0, 0.05) is 25.6 Å². The molecule has 0 spiro atoms. The van der Waals surface area contributed by atoms with Crippen molar-refractivity contribution < 1.29 is 18.3 Å². The molecule has 0 heterocycles. The Labute approximate surface area is 89.1 Å². The standard InChI is InChI=1S/C10H20F3NO/c1-9(2)14(7-4-8-15)6-3-5-10(11,12)13/h9,15H,3-8H2,1-2H3. The SMILES string of the molecule is CC(C)N(CCCO)CCCC(F)(F)F. The van der Waals surface area contributed by atoms with Gasteiger partial charge in [0.2, 0.25) is 0 Å². The van der Waals surface area contributed by atoms with Crippen LogP contribution in [0.25, 0.3) is 0 Å². The van der Waals surface area contributed by atoms with Crippen molar-refractivity contribution in [1.82, 2.24) is 4.90 Å². The number of aliphatic hydroxyl groups is 1. The topological polar surface area (TPSA) is 23.5 Å². The third kappa shape index (κ3) is 8.69. The van der Waals surface area contributed by atoms with Crippen LogP contribution in [0.2, 0.25) is 0 Å². The van der Waals surface area contributed by atoms with Crippen molar-refractivity contribution in [2.75, 3.05) is 19.7 Å².